The van der Waals surface area contributed by atoms with Crippen molar-refractivity contribution < 1.29 is 4.74 Å². The first-order valence-corrected chi connectivity index (χ1v) is 6.41. The van der Waals surface area contributed by atoms with Gasteiger partial charge in [0.15, 0.2) is 0 Å². The summed E-state index contributed by atoms with van der Waals surface area (Å²) in [5.74, 6) is 0. The Morgan fingerprint density at radius 2 is 1.95 bits per heavy atom. The second-order valence-electron chi connectivity index (χ2n) is 5.47. The molecule has 0 aliphatic heterocycles. The van der Waals surface area contributed by atoms with Crippen molar-refractivity contribution in [1.82, 2.24) is 9.78 Å². The minimum Gasteiger partial charge on any atom is -0.365 e. The van der Waals surface area contributed by atoms with Crippen LogP contribution in [0.5, 0.6) is 0 Å². The zero-order valence-corrected chi connectivity index (χ0v) is 11.7. The molecular weight excluding hydrogens is 238 g/mol. The Bertz CT molecular complexity index is 514. The zero-order valence-electron chi connectivity index (χ0n) is 11.7. The van der Waals surface area contributed by atoms with E-state index in [0.717, 1.165) is 11.3 Å². The maximum absolute atomic E-state index is 6.03. The third-order valence-electron chi connectivity index (χ3n) is 2.85. The molecule has 1 aromatic heterocycles. The van der Waals surface area contributed by atoms with E-state index in [1.165, 1.54) is 0 Å². The van der Waals surface area contributed by atoms with Gasteiger partial charge in [-0.2, -0.15) is 5.10 Å². The molecule has 2 N–H and O–H groups in total. The average Bonchev–Trinajstić information content (AvgIpc) is 2.76. The SMILES string of the molecule is Cn1nccc1C(OCC(C)(C)N)c1ccccc1. The smallest absolute Gasteiger partial charge is 0.124 e. The van der Waals surface area contributed by atoms with Gasteiger partial charge in [0.05, 0.1) is 12.3 Å². The van der Waals surface area contributed by atoms with Gasteiger partial charge >= 0.3 is 0 Å². The maximum Gasteiger partial charge on any atom is 0.124 e. The molecule has 1 atom stereocenters. The van der Waals surface area contributed by atoms with Gasteiger partial charge in [0.1, 0.15) is 6.10 Å². The molecule has 1 heterocycles. The van der Waals surface area contributed by atoms with Crippen LogP contribution >= 0.6 is 0 Å². The first-order valence-electron chi connectivity index (χ1n) is 6.41. The fourth-order valence-electron chi connectivity index (χ4n) is 1.92. The highest BCUT2D eigenvalue weighted by Crippen LogP contribution is 2.26. The quantitative estimate of drug-likeness (QED) is 0.896. The third-order valence-corrected chi connectivity index (χ3v) is 2.85. The van der Waals surface area contributed by atoms with Crippen LogP contribution in [0.1, 0.15) is 31.2 Å². The van der Waals surface area contributed by atoms with Crippen molar-refractivity contribution in [3.63, 3.8) is 0 Å². The van der Waals surface area contributed by atoms with Crippen LogP contribution in [0.15, 0.2) is 42.6 Å². The summed E-state index contributed by atoms with van der Waals surface area (Å²) in [5.41, 5.74) is 7.78. The summed E-state index contributed by atoms with van der Waals surface area (Å²) in [5, 5.41) is 4.21. The number of hydrogen-bond donors (Lipinski definition) is 1. The molecule has 1 unspecified atom stereocenters. The molecule has 19 heavy (non-hydrogen) atoms. The predicted molar refractivity (Wildman–Crippen MR) is 75.7 cm³/mol. The minimum atomic E-state index is -0.356. The number of hydrogen-bond acceptors (Lipinski definition) is 3. The van der Waals surface area contributed by atoms with Gasteiger partial charge in [0.2, 0.25) is 0 Å². The molecule has 0 fully saturated rings. The van der Waals surface area contributed by atoms with E-state index in [9.17, 15) is 0 Å². The molecule has 2 rings (SSSR count). The van der Waals surface area contributed by atoms with Crippen LogP contribution in [0, 0.1) is 0 Å². The molecule has 0 radical (unpaired) electrons. The molecule has 1 aromatic carbocycles. The number of aromatic nitrogens is 2. The highest BCUT2D eigenvalue weighted by Gasteiger charge is 2.21. The van der Waals surface area contributed by atoms with Crippen molar-refractivity contribution >= 4 is 0 Å². The number of nitrogens with zero attached hydrogens (tertiary/aromatic N) is 2. The zero-order chi connectivity index (χ0) is 13.9. The fourth-order valence-corrected chi connectivity index (χ4v) is 1.92. The van der Waals surface area contributed by atoms with Gasteiger partial charge in [-0.15, -0.1) is 0 Å². The van der Waals surface area contributed by atoms with Gasteiger partial charge in [-0.05, 0) is 25.5 Å². The molecule has 102 valence electrons. The van der Waals surface area contributed by atoms with E-state index in [2.05, 4.69) is 17.2 Å². The summed E-state index contributed by atoms with van der Waals surface area (Å²) in [6.07, 6.45) is 1.64. The molecule has 0 spiro atoms. The Hall–Kier alpha value is -1.65. The lowest BCUT2D eigenvalue weighted by molar-refractivity contribution is 0.0460. The minimum absolute atomic E-state index is 0.142. The lowest BCUT2D eigenvalue weighted by Crippen LogP contribution is -2.38. The van der Waals surface area contributed by atoms with Crippen molar-refractivity contribution in [3.8, 4) is 0 Å². The normalized spacial score (nSPS) is 13.5. The molecule has 2 aromatic rings. The largest absolute Gasteiger partial charge is 0.365 e. The number of rotatable bonds is 5. The maximum atomic E-state index is 6.03. The molecular formula is C15H21N3O. The van der Waals surface area contributed by atoms with Gasteiger partial charge in [-0.3, -0.25) is 4.68 Å². The molecule has 0 amide bonds. The van der Waals surface area contributed by atoms with Gasteiger partial charge in [-0.25, -0.2) is 0 Å². The van der Waals surface area contributed by atoms with Crippen LogP contribution < -0.4 is 5.73 Å². The van der Waals surface area contributed by atoms with E-state index in [-0.39, 0.29) is 11.6 Å². The van der Waals surface area contributed by atoms with Crippen molar-refractivity contribution in [2.24, 2.45) is 12.8 Å². The predicted octanol–water partition coefficient (Wildman–Crippen LogP) is 2.26. The molecule has 4 nitrogen and oxygen atoms in total. The van der Waals surface area contributed by atoms with E-state index < -0.39 is 0 Å². The second kappa shape index (κ2) is 5.55. The lowest BCUT2D eigenvalue weighted by atomic mass is 10.1. The Kier molecular flexibility index (Phi) is 4.02. The molecule has 0 saturated carbocycles. The van der Waals surface area contributed by atoms with Crippen LogP contribution in [0.25, 0.3) is 0 Å². The van der Waals surface area contributed by atoms with Crippen LogP contribution in [0.2, 0.25) is 0 Å². The first-order chi connectivity index (χ1) is 8.97. The van der Waals surface area contributed by atoms with Crippen molar-refractivity contribution in [2.75, 3.05) is 6.61 Å². The van der Waals surface area contributed by atoms with E-state index in [1.54, 1.807) is 6.20 Å². The number of ether oxygens (including phenoxy) is 1. The summed E-state index contributed by atoms with van der Waals surface area (Å²) in [7, 11) is 1.92. The van der Waals surface area contributed by atoms with E-state index in [4.69, 9.17) is 10.5 Å². The van der Waals surface area contributed by atoms with E-state index >= 15 is 0 Å². The summed E-state index contributed by atoms with van der Waals surface area (Å²) in [6, 6.07) is 12.1. The third kappa shape index (κ3) is 3.66. The summed E-state index contributed by atoms with van der Waals surface area (Å²) >= 11 is 0. The van der Waals surface area contributed by atoms with Crippen molar-refractivity contribution in [2.45, 2.75) is 25.5 Å². The van der Waals surface area contributed by atoms with Crippen LogP contribution in [0.3, 0.4) is 0 Å². The summed E-state index contributed by atoms with van der Waals surface area (Å²) in [4.78, 5) is 0. The fraction of sp³-hybridized carbons (Fsp3) is 0.400. The highest BCUT2D eigenvalue weighted by molar-refractivity contribution is 5.25. The molecule has 0 bridgehead atoms. The topological polar surface area (TPSA) is 53.1 Å². The molecule has 4 heteroatoms. The van der Waals surface area contributed by atoms with Crippen LogP contribution in [-0.2, 0) is 11.8 Å². The van der Waals surface area contributed by atoms with Crippen LogP contribution in [-0.4, -0.2) is 21.9 Å². The molecule has 0 aliphatic rings. The van der Waals surface area contributed by atoms with Gasteiger partial charge in [0, 0.05) is 18.8 Å². The highest BCUT2D eigenvalue weighted by atomic mass is 16.5. The van der Waals surface area contributed by atoms with Crippen molar-refractivity contribution in [3.05, 3.63) is 53.9 Å². The number of benzene rings is 1. The number of aryl methyl sites for hydroxylation is 1. The van der Waals surface area contributed by atoms with Gasteiger partial charge in [0.25, 0.3) is 0 Å². The molecule has 0 aliphatic carbocycles. The van der Waals surface area contributed by atoms with Gasteiger partial charge < -0.3 is 10.5 Å². The van der Waals surface area contributed by atoms with E-state index in [0.29, 0.717) is 6.61 Å². The molecule has 0 saturated heterocycles. The number of nitrogens with two attached hydrogens (primary N) is 1. The van der Waals surface area contributed by atoms with Crippen molar-refractivity contribution in [1.29, 1.82) is 0 Å². The van der Waals surface area contributed by atoms with Gasteiger partial charge in [-0.1, -0.05) is 30.3 Å². The standard InChI is InChI=1S/C15H21N3O/c1-15(2,16)11-19-14(12-7-5-4-6-8-12)13-9-10-17-18(13)3/h4-10,14H,11,16H2,1-3H3. The monoisotopic (exact) mass is 259 g/mol. The Labute approximate surface area is 114 Å². The Balaban J connectivity index is 2.27. The first kappa shape index (κ1) is 13.8. The lowest BCUT2D eigenvalue weighted by Gasteiger charge is -2.24. The summed E-state index contributed by atoms with van der Waals surface area (Å²) < 4.78 is 7.87. The van der Waals surface area contributed by atoms with E-state index in [1.807, 2.05) is 49.8 Å². The Morgan fingerprint density at radius 3 is 2.47 bits per heavy atom. The van der Waals surface area contributed by atoms with Crippen LogP contribution in [0.4, 0.5) is 0 Å². The Morgan fingerprint density at radius 1 is 1.26 bits per heavy atom. The summed E-state index contributed by atoms with van der Waals surface area (Å²) in [6.45, 7) is 4.40. The second-order valence-corrected chi connectivity index (χ2v) is 5.47. The average molecular weight is 259 g/mol.